The monoisotopic (exact) mass is 410 g/mol. The lowest BCUT2D eigenvalue weighted by Crippen LogP contribution is -2.42. The third kappa shape index (κ3) is 3.95. The van der Waals surface area contributed by atoms with E-state index in [0.29, 0.717) is 22.6 Å². The van der Waals surface area contributed by atoms with E-state index in [4.69, 9.17) is 4.74 Å². The SMILES string of the molecule is CNC(=O)c1ccc(NC(=O)CN2C(=O)NC(C)(c3ccc(OC)cc3)C2=O)cc1. The van der Waals surface area contributed by atoms with Crippen molar-refractivity contribution >= 4 is 29.4 Å². The number of hydrogen-bond acceptors (Lipinski definition) is 5. The summed E-state index contributed by atoms with van der Waals surface area (Å²) >= 11 is 0. The Morgan fingerprint density at radius 2 is 1.70 bits per heavy atom. The lowest BCUT2D eigenvalue weighted by atomic mass is 9.92. The van der Waals surface area contributed by atoms with Gasteiger partial charge in [0.1, 0.15) is 17.8 Å². The van der Waals surface area contributed by atoms with Crippen LogP contribution in [-0.4, -0.2) is 49.4 Å². The number of carbonyl (C=O) groups is 4. The Balaban J connectivity index is 1.68. The van der Waals surface area contributed by atoms with Gasteiger partial charge in [-0.1, -0.05) is 12.1 Å². The van der Waals surface area contributed by atoms with E-state index in [1.54, 1.807) is 55.5 Å². The van der Waals surface area contributed by atoms with Gasteiger partial charge in [-0.25, -0.2) is 4.79 Å². The van der Waals surface area contributed by atoms with E-state index < -0.39 is 29.9 Å². The fourth-order valence-corrected chi connectivity index (χ4v) is 3.15. The molecule has 0 spiro atoms. The first kappa shape index (κ1) is 20.8. The zero-order valence-electron chi connectivity index (χ0n) is 16.8. The van der Waals surface area contributed by atoms with Crippen LogP contribution < -0.4 is 20.7 Å². The van der Waals surface area contributed by atoms with E-state index in [0.717, 1.165) is 4.90 Å². The molecule has 9 heteroatoms. The molecule has 1 atom stereocenters. The molecule has 1 unspecified atom stereocenters. The summed E-state index contributed by atoms with van der Waals surface area (Å²) in [6.07, 6.45) is 0. The highest BCUT2D eigenvalue weighted by molar-refractivity contribution is 6.10. The molecule has 9 nitrogen and oxygen atoms in total. The van der Waals surface area contributed by atoms with Crippen molar-refractivity contribution in [3.63, 3.8) is 0 Å². The van der Waals surface area contributed by atoms with Crippen molar-refractivity contribution in [3.8, 4) is 5.75 Å². The Labute approximate surface area is 173 Å². The van der Waals surface area contributed by atoms with Crippen LogP contribution in [0.15, 0.2) is 48.5 Å². The van der Waals surface area contributed by atoms with Crippen molar-refractivity contribution in [2.75, 3.05) is 26.0 Å². The minimum atomic E-state index is -1.28. The fourth-order valence-electron chi connectivity index (χ4n) is 3.15. The molecule has 1 heterocycles. The maximum atomic E-state index is 12.9. The highest BCUT2D eigenvalue weighted by Crippen LogP contribution is 2.30. The van der Waals surface area contributed by atoms with Crippen LogP contribution in [0, 0.1) is 0 Å². The average Bonchev–Trinajstić information content (AvgIpc) is 2.97. The molecule has 1 aliphatic rings. The largest absolute Gasteiger partial charge is 0.497 e. The number of anilines is 1. The molecule has 3 N–H and O–H groups in total. The van der Waals surface area contributed by atoms with Gasteiger partial charge in [0.2, 0.25) is 5.91 Å². The van der Waals surface area contributed by atoms with Crippen molar-refractivity contribution in [2.45, 2.75) is 12.5 Å². The number of imide groups is 1. The van der Waals surface area contributed by atoms with Gasteiger partial charge in [-0.05, 0) is 48.9 Å². The van der Waals surface area contributed by atoms with E-state index in [2.05, 4.69) is 16.0 Å². The topological polar surface area (TPSA) is 117 Å². The van der Waals surface area contributed by atoms with Gasteiger partial charge < -0.3 is 20.7 Å². The lowest BCUT2D eigenvalue weighted by molar-refractivity contribution is -0.133. The lowest BCUT2D eigenvalue weighted by Gasteiger charge is -2.22. The first-order valence-electron chi connectivity index (χ1n) is 9.19. The zero-order valence-corrected chi connectivity index (χ0v) is 16.8. The molecule has 0 saturated carbocycles. The third-order valence-electron chi connectivity index (χ3n) is 4.90. The summed E-state index contributed by atoms with van der Waals surface area (Å²) in [5, 5.41) is 7.77. The van der Waals surface area contributed by atoms with Gasteiger partial charge in [-0.15, -0.1) is 0 Å². The minimum absolute atomic E-state index is 0.245. The second-order valence-corrected chi connectivity index (χ2v) is 6.88. The minimum Gasteiger partial charge on any atom is -0.497 e. The van der Waals surface area contributed by atoms with Crippen LogP contribution in [0.4, 0.5) is 10.5 Å². The third-order valence-corrected chi connectivity index (χ3v) is 4.90. The molecule has 156 valence electrons. The molecule has 0 aliphatic carbocycles. The molecule has 1 saturated heterocycles. The van der Waals surface area contributed by atoms with Crippen LogP contribution in [0.1, 0.15) is 22.8 Å². The maximum Gasteiger partial charge on any atom is 0.325 e. The highest BCUT2D eigenvalue weighted by Gasteiger charge is 2.49. The van der Waals surface area contributed by atoms with Crippen LogP contribution in [0.2, 0.25) is 0 Å². The summed E-state index contributed by atoms with van der Waals surface area (Å²) in [7, 11) is 3.06. The summed E-state index contributed by atoms with van der Waals surface area (Å²) in [5.41, 5.74) is 0.186. The first-order chi connectivity index (χ1) is 14.3. The predicted molar refractivity (Wildman–Crippen MR) is 109 cm³/mol. The van der Waals surface area contributed by atoms with Crippen LogP contribution in [0.3, 0.4) is 0 Å². The van der Waals surface area contributed by atoms with Gasteiger partial charge in [0.15, 0.2) is 0 Å². The van der Waals surface area contributed by atoms with Gasteiger partial charge in [-0.3, -0.25) is 19.3 Å². The van der Waals surface area contributed by atoms with E-state index in [1.165, 1.54) is 14.2 Å². The quantitative estimate of drug-likeness (QED) is 0.624. The van der Waals surface area contributed by atoms with Crippen LogP contribution in [0.25, 0.3) is 0 Å². The number of carbonyl (C=O) groups excluding carboxylic acids is 4. The number of rotatable bonds is 6. The second kappa shape index (κ2) is 8.24. The molecule has 3 rings (SSSR count). The molecule has 1 fully saturated rings. The highest BCUT2D eigenvalue weighted by atomic mass is 16.5. The number of hydrogen-bond donors (Lipinski definition) is 3. The molecular formula is C21H22N4O5. The summed E-state index contributed by atoms with van der Waals surface area (Å²) in [5.74, 6) is -0.684. The smallest absolute Gasteiger partial charge is 0.325 e. The molecular weight excluding hydrogens is 388 g/mol. The van der Waals surface area contributed by atoms with E-state index in [-0.39, 0.29) is 5.91 Å². The van der Waals surface area contributed by atoms with Crippen LogP contribution in [-0.2, 0) is 15.1 Å². The average molecular weight is 410 g/mol. The summed E-state index contributed by atoms with van der Waals surface area (Å²) in [6, 6.07) is 12.4. The fraction of sp³-hybridized carbons (Fsp3) is 0.238. The number of amides is 5. The Kier molecular flexibility index (Phi) is 5.72. The molecule has 1 aliphatic heterocycles. The number of nitrogens with zero attached hydrogens (tertiary/aromatic N) is 1. The Bertz CT molecular complexity index is 987. The summed E-state index contributed by atoms with van der Waals surface area (Å²) in [6.45, 7) is 1.15. The summed E-state index contributed by atoms with van der Waals surface area (Å²) < 4.78 is 5.11. The molecule has 2 aromatic carbocycles. The first-order valence-corrected chi connectivity index (χ1v) is 9.19. The normalized spacial score (nSPS) is 18.0. The molecule has 0 aromatic heterocycles. The predicted octanol–water partition coefficient (Wildman–Crippen LogP) is 1.46. The van der Waals surface area contributed by atoms with E-state index in [9.17, 15) is 19.2 Å². The molecule has 30 heavy (non-hydrogen) atoms. The van der Waals surface area contributed by atoms with Crippen LogP contribution in [0.5, 0.6) is 5.75 Å². The number of benzene rings is 2. The Morgan fingerprint density at radius 1 is 1.07 bits per heavy atom. The van der Waals surface area contributed by atoms with Crippen molar-refractivity contribution in [1.82, 2.24) is 15.5 Å². The standard InChI is InChI=1S/C21H22N4O5/c1-21(14-6-10-16(30-3)11-7-14)19(28)25(20(29)24-21)12-17(26)23-15-8-4-13(5-9-15)18(27)22-2/h4-11H,12H2,1-3H3,(H,22,27)(H,23,26)(H,24,29). The molecule has 0 radical (unpaired) electrons. The van der Waals surface area contributed by atoms with E-state index in [1.807, 2.05) is 0 Å². The molecule has 5 amide bonds. The van der Waals surface area contributed by atoms with E-state index >= 15 is 0 Å². The van der Waals surface area contributed by atoms with Crippen molar-refractivity contribution in [2.24, 2.45) is 0 Å². The number of urea groups is 1. The van der Waals surface area contributed by atoms with Crippen molar-refractivity contribution in [3.05, 3.63) is 59.7 Å². The zero-order chi connectivity index (χ0) is 21.9. The molecule has 2 aromatic rings. The van der Waals surface area contributed by atoms with Gasteiger partial charge in [-0.2, -0.15) is 0 Å². The van der Waals surface area contributed by atoms with Gasteiger partial charge in [0.25, 0.3) is 11.8 Å². The summed E-state index contributed by atoms with van der Waals surface area (Å²) in [4.78, 5) is 50.1. The van der Waals surface area contributed by atoms with Gasteiger partial charge in [0, 0.05) is 18.3 Å². The Hall–Kier alpha value is -3.88. The maximum absolute atomic E-state index is 12.9. The van der Waals surface area contributed by atoms with Crippen molar-refractivity contribution in [1.29, 1.82) is 0 Å². The van der Waals surface area contributed by atoms with Crippen LogP contribution >= 0.6 is 0 Å². The van der Waals surface area contributed by atoms with Gasteiger partial charge in [0.05, 0.1) is 7.11 Å². The second-order valence-electron chi connectivity index (χ2n) is 6.88. The number of nitrogens with one attached hydrogen (secondary N) is 3. The number of methoxy groups -OCH3 is 1. The Morgan fingerprint density at radius 3 is 2.27 bits per heavy atom. The van der Waals surface area contributed by atoms with Crippen molar-refractivity contribution < 1.29 is 23.9 Å². The molecule has 0 bridgehead atoms. The van der Waals surface area contributed by atoms with Gasteiger partial charge >= 0.3 is 6.03 Å². The number of ether oxygens (including phenoxy) is 1.